The SMILES string of the molecule is Cc1ccc(C2/C(=C(\O)c3ccncc3)C(=O)C(=O)N2c2nc3ccccc3[nH]2)o1. The van der Waals surface area contributed by atoms with E-state index >= 15 is 0 Å². The number of nitrogens with one attached hydrogen (secondary N) is 1. The summed E-state index contributed by atoms with van der Waals surface area (Å²) in [7, 11) is 0. The Morgan fingerprint density at radius 2 is 1.87 bits per heavy atom. The number of aryl methyl sites for hydroxylation is 1. The van der Waals surface area contributed by atoms with Gasteiger partial charge in [-0.3, -0.25) is 19.5 Å². The van der Waals surface area contributed by atoms with Gasteiger partial charge in [-0.1, -0.05) is 12.1 Å². The molecule has 0 radical (unpaired) electrons. The first-order valence-electron chi connectivity index (χ1n) is 9.27. The molecule has 1 unspecified atom stereocenters. The number of hydrogen-bond acceptors (Lipinski definition) is 6. The van der Waals surface area contributed by atoms with E-state index in [4.69, 9.17) is 4.42 Å². The molecule has 1 aliphatic rings. The lowest BCUT2D eigenvalue weighted by Gasteiger charge is -2.20. The normalized spacial score (nSPS) is 18.4. The van der Waals surface area contributed by atoms with Crippen LogP contribution < -0.4 is 4.90 Å². The van der Waals surface area contributed by atoms with Crippen LogP contribution in [0, 0.1) is 6.92 Å². The Morgan fingerprint density at radius 1 is 1.10 bits per heavy atom. The fourth-order valence-electron chi connectivity index (χ4n) is 3.64. The third kappa shape index (κ3) is 2.69. The predicted molar refractivity (Wildman–Crippen MR) is 109 cm³/mol. The van der Waals surface area contributed by atoms with Gasteiger partial charge in [0.05, 0.1) is 16.6 Å². The van der Waals surface area contributed by atoms with E-state index in [-0.39, 0.29) is 17.3 Å². The number of aromatic nitrogens is 3. The largest absolute Gasteiger partial charge is 0.507 e. The summed E-state index contributed by atoms with van der Waals surface area (Å²) < 4.78 is 5.76. The maximum absolute atomic E-state index is 13.0. The zero-order chi connectivity index (χ0) is 20.8. The number of nitrogens with zero attached hydrogens (tertiary/aromatic N) is 3. The Hall–Kier alpha value is -4.20. The number of furan rings is 1. The number of anilines is 1. The van der Waals surface area contributed by atoms with Crippen molar-refractivity contribution in [2.24, 2.45) is 0 Å². The first kappa shape index (κ1) is 17.9. The van der Waals surface area contributed by atoms with Crippen LogP contribution in [0.15, 0.2) is 70.9 Å². The van der Waals surface area contributed by atoms with Crippen LogP contribution in [-0.2, 0) is 9.59 Å². The molecule has 4 heterocycles. The molecule has 5 rings (SSSR count). The highest BCUT2D eigenvalue weighted by atomic mass is 16.3. The number of imidazole rings is 1. The molecule has 148 valence electrons. The fraction of sp³-hybridized carbons (Fsp3) is 0.0909. The van der Waals surface area contributed by atoms with Crippen LogP contribution in [-0.4, -0.2) is 31.7 Å². The van der Waals surface area contributed by atoms with Gasteiger partial charge in [0.25, 0.3) is 5.78 Å². The Kier molecular flexibility index (Phi) is 3.99. The number of aliphatic hydroxyl groups is 1. The van der Waals surface area contributed by atoms with Crippen molar-refractivity contribution in [2.45, 2.75) is 13.0 Å². The van der Waals surface area contributed by atoms with E-state index in [1.807, 2.05) is 18.2 Å². The molecule has 3 aromatic heterocycles. The third-order valence-electron chi connectivity index (χ3n) is 5.03. The Labute approximate surface area is 170 Å². The molecule has 0 aliphatic carbocycles. The number of fused-ring (bicyclic) bond motifs is 1. The number of aromatic amines is 1. The van der Waals surface area contributed by atoms with Crippen molar-refractivity contribution >= 4 is 34.4 Å². The number of carbonyl (C=O) groups excluding carboxylic acids is 2. The molecule has 0 saturated carbocycles. The lowest BCUT2D eigenvalue weighted by Crippen LogP contribution is -2.30. The number of hydrogen-bond donors (Lipinski definition) is 2. The van der Waals surface area contributed by atoms with Crippen molar-refractivity contribution in [1.29, 1.82) is 0 Å². The summed E-state index contributed by atoms with van der Waals surface area (Å²) in [5.41, 5.74) is 1.68. The van der Waals surface area contributed by atoms with E-state index < -0.39 is 17.7 Å². The van der Waals surface area contributed by atoms with Crippen LogP contribution in [0.25, 0.3) is 16.8 Å². The van der Waals surface area contributed by atoms with Gasteiger partial charge in [0.15, 0.2) is 0 Å². The van der Waals surface area contributed by atoms with Gasteiger partial charge in [-0.05, 0) is 43.3 Å². The summed E-state index contributed by atoms with van der Waals surface area (Å²) in [5.74, 6) is -0.751. The molecule has 1 saturated heterocycles. The molecule has 1 atom stereocenters. The van der Waals surface area contributed by atoms with Crippen LogP contribution >= 0.6 is 0 Å². The molecular formula is C22H16N4O4. The molecule has 0 bridgehead atoms. The van der Waals surface area contributed by atoms with Crippen molar-refractivity contribution < 1.29 is 19.1 Å². The van der Waals surface area contributed by atoms with E-state index in [1.54, 1.807) is 37.3 Å². The maximum atomic E-state index is 13.0. The first-order chi connectivity index (χ1) is 14.5. The number of amides is 1. The molecule has 1 amide bonds. The zero-order valence-electron chi connectivity index (χ0n) is 15.9. The summed E-state index contributed by atoms with van der Waals surface area (Å²) in [6.45, 7) is 1.76. The van der Waals surface area contributed by atoms with Gasteiger partial charge in [-0.2, -0.15) is 0 Å². The van der Waals surface area contributed by atoms with E-state index in [0.717, 1.165) is 5.52 Å². The number of aliphatic hydroxyl groups excluding tert-OH is 1. The summed E-state index contributed by atoms with van der Waals surface area (Å²) in [6, 6.07) is 12.9. The quantitative estimate of drug-likeness (QED) is 0.309. The lowest BCUT2D eigenvalue weighted by atomic mass is 10.00. The standard InChI is InChI=1S/C22H16N4O4/c1-12-6-7-16(30-12)18-17(19(27)13-8-10-23-11-9-13)20(28)21(29)26(18)22-24-14-4-2-3-5-15(14)25-22/h2-11,18,27H,1H3,(H,24,25)/b19-17+. The second kappa shape index (κ2) is 6.70. The highest BCUT2D eigenvalue weighted by Gasteiger charge is 2.49. The molecule has 1 aliphatic heterocycles. The highest BCUT2D eigenvalue weighted by molar-refractivity contribution is 6.51. The molecular weight excluding hydrogens is 384 g/mol. The smallest absolute Gasteiger partial charge is 0.302 e. The molecule has 1 fully saturated rings. The second-order valence-corrected chi connectivity index (χ2v) is 6.93. The average molecular weight is 400 g/mol. The van der Waals surface area contributed by atoms with E-state index in [0.29, 0.717) is 22.6 Å². The van der Waals surface area contributed by atoms with E-state index in [2.05, 4.69) is 15.0 Å². The molecule has 4 aromatic rings. The molecule has 8 heteroatoms. The van der Waals surface area contributed by atoms with Gasteiger partial charge in [0.2, 0.25) is 5.95 Å². The van der Waals surface area contributed by atoms with Crippen molar-refractivity contribution in [1.82, 2.24) is 15.0 Å². The van der Waals surface area contributed by atoms with E-state index in [1.165, 1.54) is 17.3 Å². The van der Waals surface area contributed by atoms with Crippen LogP contribution in [0.1, 0.15) is 23.1 Å². The van der Waals surface area contributed by atoms with Crippen LogP contribution in [0.3, 0.4) is 0 Å². The van der Waals surface area contributed by atoms with Crippen molar-refractivity contribution in [3.8, 4) is 0 Å². The maximum Gasteiger partial charge on any atom is 0.302 e. The van der Waals surface area contributed by atoms with Gasteiger partial charge < -0.3 is 14.5 Å². The minimum atomic E-state index is -0.965. The van der Waals surface area contributed by atoms with Gasteiger partial charge in [-0.15, -0.1) is 0 Å². The minimum Gasteiger partial charge on any atom is -0.507 e. The van der Waals surface area contributed by atoms with Gasteiger partial charge >= 0.3 is 5.91 Å². The van der Waals surface area contributed by atoms with Crippen molar-refractivity contribution in [3.05, 3.63) is 83.6 Å². The van der Waals surface area contributed by atoms with Crippen LogP contribution in [0.4, 0.5) is 5.95 Å². The van der Waals surface area contributed by atoms with E-state index in [9.17, 15) is 14.7 Å². The molecule has 2 N–H and O–H groups in total. The first-order valence-corrected chi connectivity index (χ1v) is 9.27. The number of pyridine rings is 1. The summed E-state index contributed by atoms with van der Waals surface area (Å²) in [4.78, 5) is 38.7. The average Bonchev–Trinajstić information content (AvgIpc) is 3.44. The molecule has 0 spiro atoms. The molecule has 1 aromatic carbocycles. The topological polar surface area (TPSA) is 112 Å². The number of H-pyrrole nitrogens is 1. The number of rotatable bonds is 3. The Bertz CT molecular complexity index is 1290. The second-order valence-electron chi connectivity index (χ2n) is 6.93. The van der Waals surface area contributed by atoms with Crippen molar-refractivity contribution in [3.63, 3.8) is 0 Å². The number of benzene rings is 1. The third-order valence-corrected chi connectivity index (χ3v) is 5.03. The van der Waals surface area contributed by atoms with Gasteiger partial charge in [0, 0.05) is 18.0 Å². The predicted octanol–water partition coefficient (Wildman–Crippen LogP) is 3.49. The number of para-hydroxylation sites is 2. The zero-order valence-corrected chi connectivity index (χ0v) is 15.9. The van der Waals surface area contributed by atoms with Crippen LogP contribution in [0.2, 0.25) is 0 Å². The monoisotopic (exact) mass is 400 g/mol. The Balaban J connectivity index is 1.74. The molecule has 30 heavy (non-hydrogen) atoms. The highest BCUT2D eigenvalue weighted by Crippen LogP contribution is 2.42. The van der Waals surface area contributed by atoms with Crippen LogP contribution in [0.5, 0.6) is 0 Å². The summed E-state index contributed by atoms with van der Waals surface area (Å²) in [6.07, 6.45) is 2.99. The fourth-order valence-corrected chi connectivity index (χ4v) is 3.64. The van der Waals surface area contributed by atoms with Crippen molar-refractivity contribution in [2.75, 3.05) is 4.90 Å². The Morgan fingerprint density at radius 3 is 2.57 bits per heavy atom. The minimum absolute atomic E-state index is 0.0685. The number of Topliss-reactive ketones (excluding diaryl/α,β-unsaturated/α-hetero) is 1. The number of ketones is 1. The van der Waals surface area contributed by atoms with Gasteiger partial charge in [-0.25, -0.2) is 4.98 Å². The lowest BCUT2D eigenvalue weighted by molar-refractivity contribution is -0.132. The molecule has 8 nitrogen and oxygen atoms in total. The summed E-state index contributed by atoms with van der Waals surface area (Å²) in [5, 5.41) is 10.9. The number of carbonyl (C=O) groups is 2. The summed E-state index contributed by atoms with van der Waals surface area (Å²) >= 11 is 0. The van der Waals surface area contributed by atoms with Gasteiger partial charge in [0.1, 0.15) is 23.3 Å².